The molecule has 4 aromatic rings. The highest BCUT2D eigenvalue weighted by Crippen LogP contribution is 2.42. The molecule has 0 spiro atoms. The molecule has 1 aromatic heterocycles. The molecule has 4 rings (SSSR count). The van der Waals surface area contributed by atoms with Crippen LogP contribution in [0.25, 0.3) is 22.3 Å². The minimum Gasteiger partial charge on any atom is -0.494 e. The second-order valence-electron chi connectivity index (χ2n) is 9.64. The van der Waals surface area contributed by atoms with Crippen LogP contribution in [0.2, 0.25) is 5.02 Å². The van der Waals surface area contributed by atoms with Crippen LogP contribution in [-0.2, 0) is 4.79 Å². The molecule has 0 aliphatic rings. The number of aromatic nitrogens is 2. The van der Waals surface area contributed by atoms with Gasteiger partial charge in [-0.1, -0.05) is 37.6 Å². The van der Waals surface area contributed by atoms with Gasteiger partial charge in [0.15, 0.2) is 23.9 Å². The van der Waals surface area contributed by atoms with Crippen LogP contribution in [0.15, 0.2) is 56.8 Å². The van der Waals surface area contributed by atoms with E-state index in [-0.39, 0.29) is 34.6 Å². The summed E-state index contributed by atoms with van der Waals surface area (Å²) >= 11 is 10.0. The van der Waals surface area contributed by atoms with Gasteiger partial charge in [-0.25, -0.2) is 9.78 Å². The van der Waals surface area contributed by atoms with Gasteiger partial charge in [-0.05, 0) is 84.1 Å². The van der Waals surface area contributed by atoms with Crippen LogP contribution < -0.4 is 19.8 Å². The Labute approximate surface area is 256 Å². The van der Waals surface area contributed by atoms with E-state index in [9.17, 15) is 9.59 Å². The summed E-state index contributed by atoms with van der Waals surface area (Å²) in [4.78, 5) is 29.8. The Hall–Kier alpha value is -3.89. The Morgan fingerprint density at radius 2 is 1.81 bits per heavy atom. The number of carbonyl (C=O) groups is 1. The van der Waals surface area contributed by atoms with Crippen LogP contribution in [0, 0.1) is 6.92 Å². The molecule has 0 saturated heterocycles. The van der Waals surface area contributed by atoms with Gasteiger partial charge in [-0.15, -0.1) is 0 Å². The van der Waals surface area contributed by atoms with Crippen LogP contribution in [0.4, 0.5) is 0 Å². The lowest BCUT2D eigenvalue weighted by Crippen LogP contribution is -2.21. The van der Waals surface area contributed by atoms with Crippen LogP contribution in [0.1, 0.15) is 50.3 Å². The van der Waals surface area contributed by atoms with Crippen molar-refractivity contribution in [2.75, 3.05) is 19.8 Å². The van der Waals surface area contributed by atoms with Gasteiger partial charge < -0.3 is 19.3 Å². The number of para-hydroxylation sites is 1. The molecule has 0 aliphatic carbocycles. The summed E-state index contributed by atoms with van der Waals surface area (Å²) in [6.07, 6.45) is 1.47. The van der Waals surface area contributed by atoms with Crippen molar-refractivity contribution in [3.8, 4) is 28.6 Å². The normalized spacial score (nSPS) is 11.4. The van der Waals surface area contributed by atoms with E-state index >= 15 is 0 Å². The summed E-state index contributed by atoms with van der Waals surface area (Å²) < 4.78 is 18.6. The fourth-order valence-corrected chi connectivity index (χ4v) is 5.08. The first-order valence-electron chi connectivity index (χ1n) is 13.4. The number of nitrogens with zero attached hydrogens (tertiary/aromatic N) is 3. The van der Waals surface area contributed by atoms with Crippen molar-refractivity contribution < 1.29 is 24.1 Å². The molecule has 42 heavy (non-hydrogen) atoms. The van der Waals surface area contributed by atoms with E-state index in [1.165, 1.54) is 10.9 Å². The minimum atomic E-state index is -1.16. The van der Waals surface area contributed by atoms with Gasteiger partial charge in [-0.2, -0.15) is 9.78 Å². The third-order valence-electron chi connectivity index (χ3n) is 6.38. The zero-order valence-electron chi connectivity index (χ0n) is 23.9. The SMILES string of the molecule is CCOc1cc(C)c(-c2nc3ccccc3c(=O)n2N=Cc2cc(OCC)c(OCC(=O)O)c(Cl)c2Br)cc1C(C)C. The summed E-state index contributed by atoms with van der Waals surface area (Å²) in [7, 11) is 0. The number of carboxylic acids is 1. The van der Waals surface area contributed by atoms with E-state index in [4.69, 9.17) is 35.9 Å². The van der Waals surface area contributed by atoms with E-state index in [0.717, 1.165) is 22.4 Å². The van der Waals surface area contributed by atoms with Gasteiger partial charge in [0, 0.05) is 15.6 Å². The predicted octanol–water partition coefficient (Wildman–Crippen LogP) is 7.05. The monoisotopic (exact) mass is 655 g/mol. The number of rotatable bonds is 11. The predicted molar refractivity (Wildman–Crippen MR) is 168 cm³/mol. The molecule has 0 atom stereocenters. The molecule has 1 N–H and O–H groups in total. The Kier molecular flexibility index (Phi) is 9.90. The molecular formula is C31H31BrClN3O6. The highest BCUT2D eigenvalue weighted by molar-refractivity contribution is 9.10. The molecule has 0 aliphatic heterocycles. The number of ether oxygens (including phenoxy) is 3. The zero-order valence-corrected chi connectivity index (χ0v) is 26.2. The van der Waals surface area contributed by atoms with Crippen LogP contribution in [0.5, 0.6) is 17.2 Å². The Bertz CT molecular complexity index is 1730. The number of aryl methyl sites for hydroxylation is 1. The molecule has 220 valence electrons. The number of aliphatic carboxylic acids is 1. The fraction of sp³-hybridized carbons (Fsp3) is 0.290. The number of hydrogen-bond donors (Lipinski definition) is 1. The smallest absolute Gasteiger partial charge is 0.341 e. The number of hydrogen-bond acceptors (Lipinski definition) is 7. The second kappa shape index (κ2) is 13.4. The zero-order chi connectivity index (χ0) is 30.6. The molecule has 0 unspecified atom stereocenters. The lowest BCUT2D eigenvalue weighted by molar-refractivity contribution is -0.139. The van der Waals surface area contributed by atoms with Crippen molar-refractivity contribution in [1.29, 1.82) is 0 Å². The van der Waals surface area contributed by atoms with Crippen molar-refractivity contribution in [1.82, 2.24) is 9.66 Å². The molecule has 0 bridgehead atoms. The summed E-state index contributed by atoms with van der Waals surface area (Å²) in [6.45, 7) is 10.0. The molecular weight excluding hydrogens is 626 g/mol. The first-order valence-corrected chi connectivity index (χ1v) is 14.6. The highest BCUT2D eigenvalue weighted by Gasteiger charge is 2.21. The number of benzene rings is 3. The van der Waals surface area contributed by atoms with Crippen molar-refractivity contribution in [2.24, 2.45) is 5.10 Å². The third-order valence-corrected chi connectivity index (χ3v) is 7.82. The van der Waals surface area contributed by atoms with Gasteiger partial charge in [0.25, 0.3) is 5.56 Å². The summed E-state index contributed by atoms with van der Waals surface area (Å²) in [5.41, 5.74) is 3.28. The summed E-state index contributed by atoms with van der Waals surface area (Å²) in [5.74, 6) is 0.483. The van der Waals surface area contributed by atoms with Gasteiger partial charge >= 0.3 is 5.97 Å². The van der Waals surface area contributed by atoms with Crippen molar-refractivity contribution in [3.05, 3.63) is 79.0 Å². The quantitative estimate of drug-likeness (QED) is 0.172. The van der Waals surface area contributed by atoms with Crippen molar-refractivity contribution in [3.63, 3.8) is 0 Å². The lowest BCUT2D eigenvalue weighted by Gasteiger charge is -2.18. The molecule has 3 aromatic carbocycles. The van der Waals surface area contributed by atoms with Crippen LogP contribution in [-0.4, -0.2) is 46.8 Å². The maximum Gasteiger partial charge on any atom is 0.341 e. The number of halogens is 2. The molecule has 0 radical (unpaired) electrons. The average molecular weight is 657 g/mol. The van der Waals surface area contributed by atoms with E-state index in [0.29, 0.717) is 33.4 Å². The molecule has 1 heterocycles. The average Bonchev–Trinajstić information content (AvgIpc) is 2.95. The molecule has 9 nitrogen and oxygen atoms in total. The Balaban J connectivity index is 1.94. The van der Waals surface area contributed by atoms with Crippen LogP contribution in [0.3, 0.4) is 0 Å². The Morgan fingerprint density at radius 3 is 2.48 bits per heavy atom. The van der Waals surface area contributed by atoms with E-state index in [1.54, 1.807) is 31.2 Å². The van der Waals surface area contributed by atoms with Crippen molar-refractivity contribution in [2.45, 2.75) is 40.5 Å². The first kappa shape index (κ1) is 31.1. The van der Waals surface area contributed by atoms with Gasteiger partial charge in [0.1, 0.15) is 10.8 Å². The number of carboxylic acid groups (broad SMARTS) is 1. The minimum absolute atomic E-state index is 0.0846. The Morgan fingerprint density at radius 1 is 1.12 bits per heavy atom. The van der Waals surface area contributed by atoms with Gasteiger partial charge in [0.2, 0.25) is 0 Å². The molecule has 0 saturated carbocycles. The summed E-state index contributed by atoms with van der Waals surface area (Å²) in [5, 5.41) is 14.2. The van der Waals surface area contributed by atoms with Crippen molar-refractivity contribution >= 4 is 50.6 Å². The fourth-order valence-electron chi connectivity index (χ4n) is 4.43. The van der Waals surface area contributed by atoms with E-state index in [2.05, 4.69) is 34.9 Å². The summed E-state index contributed by atoms with van der Waals surface area (Å²) in [6, 6.07) is 12.7. The van der Waals surface area contributed by atoms with E-state index < -0.39 is 12.6 Å². The first-order chi connectivity index (χ1) is 20.1. The van der Waals surface area contributed by atoms with Gasteiger partial charge in [0.05, 0.1) is 30.3 Å². The molecule has 0 amide bonds. The van der Waals surface area contributed by atoms with Crippen LogP contribution >= 0.6 is 27.5 Å². The molecule has 0 fully saturated rings. The largest absolute Gasteiger partial charge is 0.494 e. The topological polar surface area (TPSA) is 112 Å². The maximum atomic E-state index is 13.8. The van der Waals surface area contributed by atoms with Gasteiger partial charge in [-0.3, -0.25) is 4.79 Å². The molecule has 11 heteroatoms. The maximum absolute atomic E-state index is 13.8. The highest BCUT2D eigenvalue weighted by atomic mass is 79.9. The second-order valence-corrected chi connectivity index (χ2v) is 10.8. The lowest BCUT2D eigenvalue weighted by atomic mass is 9.96. The third kappa shape index (κ3) is 6.44. The van der Waals surface area contributed by atoms with E-state index in [1.807, 2.05) is 32.0 Å². The standard InChI is InChI=1S/C31H31BrClN3O6/c1-6-40-24-12-18(5)22(14-21(24)17(3)4)30-35-23-11-9-8-10-20(23)31(39)36(30)34-15-19-13-25(41-7-2)29(28(33)27(19)32)42-16-26(37)38/h8-15,17H,6-7,16H2,1-5H3,(H,37,38). The number of fused-ring (bicyclic) bond motifs is 1.